The maximum Gasteiger partial charge on any atom is 0.338 e. The Morgan fingerprint density at radius 1 is 1.17 bits per heavy atom. The second-order valence-corrected chi connectivity index (χ2v) is 4.19. The second-order valence-electron chi connectivity index (χ2n) is 3.76. The van der Waals surface area contributed by atoms with Gasteiger partial charge in [0.25, 0.3) is 0 Å². The Bertz CT molecular complexity index is 566. The molecule has 3 nitrogen and oxygen atoms in total. The lowest BCUT2D eigenvalue weighted by Crippen LogP contribution is -2.04. The van der Waals surface area contributed by atoms with E-state index >= 15 is 0 Å². The molecule has 0 saturated carbocycles. The Balaban J connectivity index is 2.00. The second kappa shape index (κ2) is 5.56. The lowest BCUT2D eigenvalue weighted by Gasteiger charge is -2.05. The number of ether oxygens (including phenoxy) is 1. The molecule has 0 heterocycles. The van der Waals surface area contributed by atoms with Gasteiger partial charge in [-0.05, 0) is 35.9 Å². The van der Waals surface area contributed by atoms with Crippen LogP contribution in [-0.2, 0) is 11.3 Å². The molecule has 0 atom stereocenters. The van der Waals surface area contributed by atoms with Crippen molar-refractivity contribution in [3.05, 3.63) is 64.7 Å². The number of aromatic hydroxyl groups is 1. The van der Waals surface area contributed by atoms with Crippen LogP contribution in [-0.4, -0.2) is 11.1 Å². The van der Waals surface area contributed by atoms with Crippen LogP contribution in [0.5, 0.6) is 5.75 Å². The summed E-state index contributed by atoms with van der Waals surface area (Å²) in [7, 11) is 0. The third-order valence-electron chi connectivity index (χ3n) is 2.34. The molecule has 0 fully saturated rings. The van der Waals surface area contributed by atoms with Crippen molar-refractivity contribution < 1.29 is 14.6 Å². The molecule has 0 aliphatic carbocycles. The quantitative estimate of drug-likeness (QED) is 0.863. The normalized spacial score (nSPS) is 10.1. The molecule has 92 valence electrons. The molecule has 2 rings (SSSR count). The van der Waals surface area contributed by atoms with Crippen molar-refractivity contribution in [1.82, 2.24) is 0 Å². The molecule has 1 N–H and O–H groups in total. The van der Waals surface area contributed by atoms with E-state index in [1.165, 1.54) is 12.1 Å². The largest absolute Gasteiger partial charge is 0.508 e. The summed E-state index contributed by atoms with van der Waals surface area (Å²) in [5.41, 5.74) is 1.13. The van der Waals surface area contributed by atoms with Crippen molar-refractivity contribution in [2.45, 2.75) is 6.61 Å². The van der Waals surface area contributed by atoms with Gasteiger partial charge in [-0.3, -0.25) is 0 Å². The molecule has 0 saturated heterocycles. The molecular weight excluding hydrogens is 252 g/mol. The highest BCUT2D eigenvalue weighted by Gasteiger charge is 2.07. The van der Waals surface area contributed by atoms with Crippen molar-refractivity contribution in [1.29, 1.82) is 0 Å². The summed E-state index contributed by atoms with van der Waals surface area (Å²) in [5, 5.41) is 9.86. The number of rotatable bonds is 3. The van der Waals surface area contributed by atoms with Crippen molar-refractivity contribution >= 4 is 17.6 Å². The van der Waals surface area contributed by atoms with Gasteiger partial charge < -0.3 is 9.84 Å². The first kappa shape index (κ1) is 12.5. The summed E-state index contributed by atoms with van der Waals surface area (Å²) < 4.78 is 5.12. The van der Waals surface area contributed by atoms with Gasteiger partial charge in [0.2, 0.25) is 0 Å². The Morgan fingerprint density at radius 3 is 2.67 bits per heavy atom. The van der Waals surface area contributed by atoms with Gasteiger partial charge in [-0.2, -0.15) is 0 Å². The predicted molar refractivity (Wildman–Crippen MR) is 68.7 cm³/mol. The van der Waals surface area contributed by atoms with E-state index < -0.39 is 5.97 Å². The molecule has 0 spiro atoms. The molecule has 0 radical (unpaired) electrons. The Morgan fingerprint density at radius 2 is 1.94 bits per heavy atom. The van der Waals surface area contributed by atoms with Crippen LogP contribution in [0.4, 0.5) is 0 Å². The molecule has 2 aromatic rings. The van der Waals surface area contributed by atoms with E-state index in [-0.39, 0.29) is 12.4 Å². The van der Waals surface area contributed by atoms with Crippen molar-refractivity contribution in [2.24, 2.45) is 0 Å². The van der Waals surface area contributed by atoms with Gasteiger partial charge in [0.05, 0.1) is 5.56 Å². The van der Waals surface area contributed by atoms with Gasteiger partial charge in [0, 0.05) is 5.02 Å². The first-order chi connectivity index (χ1) is 8.65. The van der Waals surface area contributed by atoms with Gasteiger partial charge in [-0.15, -0.1) is 0 Å². The van der Waals surface area contributed by atoms with Gasteiger partial charge in [-0.25, -0.2) is 4.79 Å². The number of halogens is 1. The SMILES string of the molecule is O=C(OCc1cccc(Cl)c1)c1cccc(O)c1. The van der Waals surface area contributed by atoms with E-state index in [2.05, 4.69) is 0 Å². The van der Waals surface area contributed by atoms with E-state index in [0.29, 0.717) is 10.6 Å². The maximum absolute atomic E-state index is 11.7. The molecule has 0 amide bonds. The zero-order chi connectivity index (χ0) is 13.0. The van der Waals surface area contributed by atoms with Crippen LogP contribution >= 0.6 is 11.6 Å². The number of hydrogen-bond donors (Lipinski definition) is 1. The van der Waals surface area contributed by atoms with E-state index in [0.717, 1.165) is 5.56 Å². The molecule has 0 unspecified atom stereocenters. The average molecular weight is 263 g/mol. The topological polar surface area (TPSA) is 46.5 Å². The molecule has 18 heavy (non-hydrogen) atoms. The van der Waals surface area contributed by atoms with Crippen molar-refractivity contribution in [3.8, 4) is 5.75 Å². The van der Waals surface area contributed by atoms with Crippen LogP contribution in [0.15, 0.2) is 48.5 Å². The minimum Gasteiger partial charge on any atom is -0.508 e. The first-order valence-corrected chi connectivity index (χ1v) is 5.73. The molecule has 0 aliphatic heterocycles. The van der Waals surface area contributed by atoms with Crippen LogP contribution in [0, 0.1) is 0 Å². The van der Waals surface area contributed by atoms with Crippen LogP contribution in [0.25, 0.3) is 0 Å². The molecule has 4 heteroatoms. The predicted octanol–water partition coefficient (Wildman–Crippen LogP) is 3.40. The lowest BCUT2D eigenvalue weighted by molar-refractivity contribution is 0.0472. The van der Waals surface area contributed by atoms with E-state index in [9.17, 15) is 9.90 Å². The number of carbonyl (C=O) groups excluding carboxylic acids is 1. The molecule has 0 aromatic heterocycles. The fourth-order valence-corrected chi connectivity index (χ4v) is 1.70. The van der Waals surface area contributed by atoms with E-state index in [1.807, 2.05) is 6.07 Å². The zero-order valence-corrected chi connectivity index (χ0v) is 10.2. The summed E-state index contributed by atoms with van der Waals surface area (Å²) in [6.07, 6.45) is 0. The third kappa shape index (κ3) is 3.25. The number of hydrogen-bond acceptors (Lipinski definition) is 3. The fourth-order valence-electron chi connectivity index (χ4n) is 1.49. The van der Waals surface area contributed by atoms with Crippen molar-refractivity contribution in [2.75, 3.05) is 0 Å². The number of phenolic OH excluding ortho intramolecular Hbond substituents is 1. The monoisotopic (exact) mass is 262 g/mol. The highest BCUT2D eigenvalue weighted by molar-refractivity contribution is 6.30. The standard InChI is InChI=1S/C14H11ClO3/c15-12-5-1-3-10(7-12)9-18-14(17)11-4-2-6-13(16)8-11/h1-8,16H,9H2. The molecule has 2 aromatic carbocycles. The average Bonchev–Trinajstić information content (AvgIpc) is 2.36. The highest BCUT2D eigenvalue weighted by atomic mass is 35.5. The number of phenols is 1. The smallest absolute Gasteiger partial charge is 0.338 e. The van der Waals surface area contributed by atoms with Crippen LogP contribution in [0.1, 0.15) is 15.9 Å². The lowest BCUT2D eigenvalue weighted by atomic mass is 10.2. The summed E-state index contributed by atoms with van der Waals surface area (Å²) >= 11 is 5.82. The van der Waals surface area contributed by atoms with Gasteiger partial charge >= 0.3 is 5.97 Å². The highest BCUT2D eigenvalue weighted by Crippen LogP contribution is 2.14. The number of carbonyl (C=O) groups is 1. The summed E-state index contributed by atoms with van der Waals surface area (Å²) in [5.74, 6) is -0.446. The number of esters is 1. The zero-order valence-electron chi connectivity index (χ0n) is 9.47. The molecule has 0 bridgehead atoms. The van der Waals surface area contributed by atoms with Crippen LogP contribution < -0.4 is 0 Å². The minimum absolute atomic E-state index is 0.0344. The van der Waals surface area contributed by atoms with Crippen LogP contribution in [0.2, 0.25) is 5.02 Å². The molecular formula is C14H11ClO3. The Kier molecular flexibility index (Phi) is 3.85. The van der Waals surface area contributed by atoms with E-state index in [4.69, 9.17) is 16.3 Å². The Hall–Kier alpha value is -2.00. The first-order valence-electron chi connectivity index (χ1n) is 5.36. The number of benzene rings is 2. The fraction of sp³-hybridized carbons (Fsp3) is 0.0714. The summed E-state index contributed by atoms with van der Waals surface area (Å²) in [6, 6.07) is 13.1. The van der Waals surface area contributed by atoms with Crippen molar-refractivity contribution in [3.63, 3.8) is 0 Å². The van der Waals surface area contributed by atoms with E-state index in [1.54, 1.807) is 30.3 Å². The molecule has 0 aliphatic rings. The van der Waals surface area contributed by atoms with Gasteiger partial charge in [0.15, 0.2) is 0 Å². The summed E-state index contributed by atoms with van der Waals surface area (Å²) in [6.45, 7) is 0.148. The Labute approximate surface area is 110 Å². The van der Waals surface area contributed by atoms with Gasteiger partial charge in [-0.1, -0.05) is 29.8 Å². The summed E-state index contributed by atoms with van der Waals surface area (Å²) in [4.78, 5) is 11.7. The van der Waals surface area contributed by atoms with Gasteiger partial charge in [0.1, 0.15) is 12.4 Å². The third-order valence-corrected chi connectivity index (χ3v) is 2.58. The van der Waals surface area contributed by atoms with Crippen LogP contribution in [0.3, 0.4) is 0 Å². The maximum atomic E-state index is 11.7. The minimum atomic E-state index is -0.481.